The van der Waals surface area contributed by atoms with Crippen LogP contribution in [0.3, 0.4) is 0 Å². The van der Waals surface area contributed by atoms with Crippen LogP contribution in [-0.2, 0) is 14.3 Å². The molecule has 1 aromatic carbocycles. The fraction of sp³-hybridized carbons (Fsp3) is 0.375. The van der Waals surface area contributed by atoms with Crippen LogP contribution in [-0.4, -0.2) is 66.1 Å². The molecule has 1 fully saturated rings. The third kappa shape index (κ3) is 4.05. The van der Waals surface area contributed by atoms with Crippen molar-refractivity contribution in [2.45, 2.75) is 26.0 Å². The second kappa shape index (κ2) is 9.00. The molecule has 0 radical (unpaired) electrons. The van der Waals surface area contributed by atoms with Crippen LogP contribution in [0.4, 0.5) is 5.69 Å². The Morgan fingerprint density at radius 2 is 2.12 bits per heavy atom. The monoisotopic (exact) mass is 437 g/mol. The number of fused-ring (bicyclic) bond motifs is 1. The molecule has 168 valence electrons. The fourth-order valence-electron chi connectivity index (χ4n) is 4.04. The first-order chi connectivity index (χ1) is 15.4. The van der Waals surface area contributed by atoms with Crippen LogP contribution in [0.25, 0.3) is 5.76 Å². The Morgan fingerprint density at radius 1 is 1.31 bits per heavy atom. The van der Waals surface area contributed by atoms with E-state index in [1.165, 1.54) is 4.90 Å². The Hall–Kier alpha value is -3.39. The van der Waals surface area contributed by atoms with Gasteiger partial charge in [-0.2, -0.15) is 0 Å². The van der Waals surface area contributed by atoms with Crippen molar-refractivity contribution in [1.82, 2.24) is 9.88 Å². The number of benzene rings is 1. The Balaban J connectivity index is 1.78. The number of hydrogen-bond donors (Lipinski definition) is 1. The Kier molecular flexibility index (Phi) is 6.14. The van der Waals surface area contributed by atoms with Crippen molar-refractivity contribution in [3.8, 4) is 5.75 Å². The molecule has 1 saturated heterocycles. The molecule has 1 N–H and O–H groups in total. The molecule has 4 rings (SSSR count). The van der Waals surface area contributed by atoms with Gasteiger partial charge in [0.25, 0.3) is 11.7 Å². The topological polar surface area (TPSA) is 92.2 Å². The van der Waals surface area contributed by atoms with E-state index in [0.717, 1.165) is 5.69 Å². The number of nitrogens with zero attached hydrogens (tertiary/aromatic N) is 3. The number of ketones is 1. The predicted octanol–water partition coefficient (Wildman–Crippen LogP) is 2.76. The lowest BCUT2D eigenvalue weighted by Crippen LogP contribution is -2.33. The summed E-state index contributed by atoms with van der Waals surface area (Å²) in [5.74, 6) is -0.883. The van der Waals surface area contributed by atoms with Crippen molar-refractivity contribution < 1.29 is 24.2 Å². The summed E-state index contributed by atoms with van der Waals surface area (Å²) in [5, 5.41) is 11.2. The number of aliphatic hydroxyl groups is 1. The molecule has 1 amide bonds. The molecule has 32 heavy (non-hydrogen) atoms. The Bertz CT molecular complexity index is 1050. The van der Waals surface area contributed by atoms with E-state index in [9.17, 15) is 14.7 Å². The molecule has 1 atom stereocenters. The molecule has 0 spiro atoms. The molecule has 8 heteroatoms. The summed E-state index contributed by atoms with van der Waals surface area (Å²) >= 11 is 0. The van der Waals surface area contributed by atoms with E-state index in [-0.39, 0.29) is 30.6 Å². The smallest absolute Gasteiger partial charge is 0.295 e. The summed E-state index contributed by atoms with van der Waals surface area (Å²) in [6.45, 7) is 5.61. The van der Waals surface area contributed by atoms with E-state index >= 15 is 0 Å². The van der Waals surface area contributed by atoms with Crippen LogP contribution in [0.2, 0.25) is 0 Å². The number of amides is 1. The minimum Gasteiger partial charge on any atom is -0.507 e. The van der Waals surface area contributed by atoms with Crippen LogP contribution < -0.4 is 9.64 Å². The molecule has 8 nitrogen and oxygen atoms in total. The molecule has 2 aliphatic rings. The number of pyridine rings is 1. The molecular weight excluding hydrogens is 410 g/mol. The number of anilines is 1. The van der Waals surface area contributed by atoms with Gasteiger partial charge < -0.3 is 24.4 Å². The molecule has 0 aliphatic carbocycles. The van der Waals surface area contributed by atoms with Crippen LogP contribution >= 0.6 is 0 Å². The minimum absolute atomic E-state index is 0.00151. The van der Waals surface area contributed by atoms with Crippen LogP contribution in [0.15, 0.2) is 48.3 Å². The summed E-state index contributed by atoms with van der Waals surface area (Å²) < 4.78 is 11.3. The molecule has 1 unspecified atom stereocenters. The number of Topliss-reactive ketones (excluding diaryl/α,β-unsaturated/α-hetero) is 1. The average Bonchev–Trinajstić information content (AvgIpc) is 3.04. The molecular formula is C24H27N3O5. The zero-order valence-electron chi connectivity index (χ0n) is 18.4. The number of likely N-dealkylation sites (N-methyl/N-ethyl adjacent to an activating group) is 1. The van der Waals surface area contributed by atoms with Gasteiger partial charge in [0.2, 0.25) is 0 Å². The van der Waals surface area contributed by atoms with Gasteiger partial charge in [-0.15, -0.1) is 0 Å². The first-order valence-corrected chi connectivity index (χ1v) is 10.7. The predicted molar refractivity (Wildman–Crippen MR) is 120 cm³/mol. The van der Waals surface area contributed by atoms with Gasteiger partial charge in [0, 0.05) is 31.5 Å². The normalized spacial score (nSPS) is 19.9. The van der Waals surface area contributed by atoms with E-state index in [1.807, 2.05) is 25.8 Å². The number of hydrogen-bond acceptors (Lipinski definition) is 7. The van der Waals surface area contributed by atoms with E-state index in [4.69, 9.17) is 9.47 Å². The van der Waals surface area contributed by atoms with E-state index in [0.29, 0.717) is 30.0 Å². The summed E-state index contributed by atoms with van der Waals surface area (Å²) in [6.07, 6.45) is 3.23. The SMILES string of the molecule is CC(C)OCCN1C(=O)C(=O)/C(=C(\O)c2ccc3c(c2)N(C)CCO3)C1c1cccnc1. The third-order valence-corrected chi connectivity index (χ3v) is 5.65. The number of aliphatic hydroxyl groups excluding tert-OH is 1. The zero-order valence-corrected chi connectivity index (χ0v) is 18.4. The zero-order chi connectivity index (χ0) is 22.8. The number of carbonyl (C=O) groups excluding carboxylic acids is 2. The highest BCUT2D eigenvalue weighted by Crippen LogP contribution is 2.40. The summed E-state index contributed by atoms with van der Waals surface area (Å²) in [6, 6.07) is 8.03. The minimum atomic E-state index is -0.746. The maximum Gasteiger partial charge on any atom is 0.295 e. The molecule has 0 bridgehead atoms. The molecule has 3 heterocycles. The first-order valence-electron chi connectivity index (χ1n) is 10.7. The van der Waals surface area contributed by atoms with Gasteiger partial charge in [-0.05, 0) is 43.7 Å². The number of aromatic nitrogens is 1. The lowest BCUT2D eigenvalue weighted by atomic mass is 9.96. The van der Waals surface area contributed by atoms with Crippen molar-refractivity contribution in [1.29, 1.82) is 0 Å². The molecule has 1 aromatic heterocycles. The second-order valence-electron chi connectivity index (χ2n) is 8.15. The van der Waals surface area contributed by atoms with Crippen molar-refractivity contribution >= 4 is 23.1 Å². The quantitative estimate of drug-likeness (QED) is 0.422. The maximum absolute atomic E-state index is 13.1. The summed E-state index contributed by atoms with van der Waals surface area (Å²) in [5.41, 5.74) is 1.97. The van der Waals surface area contributed by atoms with Crippen molar-refractivity contribution in [3.05, 3.63) is 59.4 Å². The van der Waals surface area contributed by atoms with Gasteiger partial charge in [-0.3, -0.25) is 14.6 Å². The average molecular weight is 437 g/mol. The number of rotatable bonds is 6. The second-order valence-corrected chi connectivity index (χ2v) is 8.15. The van der Waals surface area contributed by atoms with Crippen LogP contribution in [0.1, 0.15) is 31.0 Å². The number of likely N-dealkylation sites (tertiary alicyclic amines) is 1. The van der Waals surface area contributed by atoms with Crippen molar-refractivity contribution in [2.75, 3.05) is 38.3 Å². The Labute approximate surface area is 187 Å². The lowest BCUT2D eigenvalue weighted by Gasteiger charge is -2.28. The first kappa shape index (κ1) is 21.8. The fourth-order valence-corrected chi connectivity index (χ4v) is 4.04. The highest BCUT2D eigenvalue weighted by Gasteiger charge is 2.46. The standard InChI is InChI=1S/C24H27N3O5/c1-15(2)31-12-10-27-21(17-5-4-8-25-14-17)20(23(29)24(27)30)22(28)16-6-7-19-18(13-16)26(3)9-11-32-19/h4-8,13-15,21,28H,9-12H2,1-3H3/b22-20-. The van der Waals surface area contributed by atoms with Gasteiger partial charge in [0.15, 0.2) is 0 Å². The number of ether oxygens (including phenoxy) is 2. The highest BCUT2D eigenvalue weighted by molar-refractivity contribution is 6.46. The lowest BCUT2D eigenvalue weighted by molar-refractivity contribution is -0.140. The molecule has 2 aliphatic heterocycles. The van der Waals surface area contributed by atoms with Crippen LogP contribution in [0, 0.1) is 0 Å². The highest BCUT2D eigenvalue weighted by atomic mass is 16.5. The van der Waals surface area contributed by atoms with Crippen LogP contribution in [0.5, 0.6) is 5.75 Å². The van der Waals surface area contributed by atoms with E-state index in [2.05, 4.69) is 4.98 Å². The molecule has 0 saturated carbocycles. The number of carbonyl (C=O) groups is 2. The van der Waals surface area contributed by atoms with Crippen molar-refractivity contribution in [3.63, 3.8) is 0 Å². The van der Waals surface area contributed by atoms with Gasteiger partial charge in [0.05, 0.1) is 36.6 Å². The largest absolute Gasteiger partial charge is 0.507 e. The summed E-state index contributed by atoms with van der Waals surface area (Å²) in [7, 11) is 1.94. The van der Waals surface area contributed by atoms with Crippen molar-refractivity contribution in [2.24, 2.45) is 0 Å². The maximum atomic E-state index is 13.1. The van der Waals surface area contributed by atoms with Gasteiger partial charge in [0.1, 0.15) is 18.1 Å². The van der Waals surface area contributed by atoms with Gasteiger partial charge >= 0.3 is 0 Å². The van der Waals surface area contributed by atoms with Gasteiger partial charge in [-0.1, -0.05) is 6.07 Å². The van der Waals surface area contributed by atoms with E-state index < -0.39 is 17.7 Å². The third-order valence-electron chi connectivity index (χ3n) is 5.65. The van der Waals surface area contributed by atoms with Gasteiger partial charge in [-0.25, -0.2) is 0 Å². The Morgan fingerprint density at radius 3 is 2.84 bits per heavy atom. The van der Waals surface area contributed by atoms with E-state index in [1.54, 1.807) is 42.7 Å². The summed E-state index contributed by atoms with van der Waals surface area (Å²) in [4.78, 5) is 33.6. The molecule has 2 aromatic rings.